The van der Waals surface area contributed by atoms with E-state index in [9.17, 15) is 4.79 Å². The van der Waals surface area contributed by atoms with Crippen LogP contribution >= 0.6 is 11.6 Å². The first-order valence-electron chi connectivity index (χ1n) is 7.15. The van der Waals surface area contributed by atoms with E-state index >= 15 is 0 Å². The molecule has 0 N–H and O–H groups in total. The highest BCUT2D eigenvalue weighted by molar-refractivity contribution is 6.34. The lowest BCUT2D eigenvalue weighted by atomic mass is 9.91. The maximum absolute atomic E-state index is 12.6. The van der Waals surface area contributed by atoms with E-state index in [4.69, 9.17) is 11.6 Å². The van der Waals surface area contributed by atoms with Gasteiger partial charge in [0.1, 0.15) is 0 Å². The summed E-state index contributed by atoms with van der Waals surface area (Å²) in [5, 5.41) is 0.507. The fourth-order valence-electron chi connectivity index (χ4n) is 3.12. The molecule has 0 saturated heterocycles. The topological polar surface area (TPSA) is 34.9 Å². The summed E-state index contributed by atoms with van der Waals surface area (Å²) < 4.78 is 2.06. The van der Waals surface area contributed by atoms with Crippen LogP contribution in [0.5, 0.6) is 0 Å². The van der Waals surface area contributed by atoms with E-state index in [1.807, 2.05) is 30.5 Å². The van der Waals surface area contributed by atoms with Gasteiger partial charge in [0.15, 0.2) is 5.78 Å². The van der Waals surface area contributed by atoms with Crippen LogP contribution < -0.4 is 0 Å². The van der Waals surface area contributed by atoms with Crippen LogP contribution in [0.3, 0.4) is 0 Å². The third-order valence-electron chi connectivity index (χ3n) is 4.16. The molecule has 22 heavy (non-hydrogen) atoms. The Morgan fingerprint density at radius 1 is 1.14 bits per heavy atom. The number of ketones is 1. The van der Waals surface area contributed by atoms with Crippen LogP contribution in [0.1, 0.15) is 34.0 Å². The van der Waals surface area contributed by atoms with Crippen LogP contribution in [-0.2, 0) is 0 Å². The monoisotopic (exact) mass is 308 g/mol. The van der Waals surface area contributed by atoms with E-state index in [1.165, 1.54) is 5.56 Å². The fourth-order valence-corrected chi connectivity index (χ4v) is 3.36. The molecule has 4 rings (SSSR count). The predicted octanol–water partition coefficient (Wildman–Crippen LogP) is 4.24. The lowest BCUT2D eigenvalue weighted by Crippen LogP contribution is -2.07. The number of carbonyl (C=O) groups is 1. The number of carbonyl (C=O) groups excluding carboxylic acids is 1. The molecule has 0 bridgehead atoms. The van der Waals surface area contributed by atoms with Crippen molar-refractivity contribution < 1.29 is 4.79 Å². The molecule has 4 heteroatoms. The molecule has 1 atom stereocenters. The van der Waals surface area contributed by atoms with Crippen molar-refractivity contribution in [2.24, 2.45) is 0 Å². The van der Waals surface area contributed by atoms with E-state index in [-0.39, 0.29) is 11.7 Å². The van der Waals surface area contributed by atoms with Gasteiger partial charge in [0, 0.05) is 24.1 Å². The molecule has 0 amide bonds. The highest BCUT2D eigenvalue weighted by atomic mass is 35.5. The van der Waals surface area contributed by atoms with E-state index < -0.39 is 0 Å². The van der Waals surface area contributed by atoms with Gasteiger partial charge in [0.25, 0.3) is 0 Å². The van der Waals surface area contributed by atoms with Crippen molar-refractivity contribution in [1.82, 2.24) is 9.55 Å². The Hall–Kier alpha value is -2.39. The van der Waals surface area contributed by atoms with E-state index in [0.717, 1.165) is 11.4 Å². The minimum atomic E-state index is 0.0301. The summed E-state index contributed by atoms with van der Waals surface area (Å²) in [6, 6.07) is 15.3. The summed E-state index contributed by atoms with van der Waals surface area (Å²) in [6.07, 6.45) is 4.03. The van der Waals surface area contributed by atoms with E-state index in [2.05, 4.69) is 21.7 Å². The van der Waals surface area contributed by atoms with Gasteiger partial charge in [-0.2, -0.15) is 0 Å². The van der Waals surface area contributed by atoms with Gasteiger partial charge in [0.2, 0.25) is 0 Å². The second-order valence-corrected chi connectivity index (χ2v) is 5.81. The van der Waals surface area contributed by atoms with Crippen LogP contribution in [0, 0.1) is 0 Å². The first-order chi connectivity index (χ1) is 10.8. The summed E-state index contributed by atoms with van der Waals surface area (Å²) in [5.41, 5.74) is 3.91. The van der Waals surface area contributed by atoms with Gasteiger partial charge in [-0.1, -0.05) is 41.9 Å². The Bertz CT molecular complexity index is 869. The molecule has 3 nitrogen and oxygen atoms in total. The molecule has 108 valence electrons. The highest BCUT2D eigenvalue weighted by Crippen LogP contribution is 2.40. The number of rotatable bonds is 3. The molecule has 1 aliphatic rings. The van der Waals surface area contributed by atoms with Crippen molar-refractivity contribution in [3.63, 3.8) is 0 Å². The van der Waals surface area contributed by atoms with Crippen molar-refractivity contribution >= 4 is 17.4 Å². The molecule has 0 fully saturated rings. The van der Waals surface area contributed by atoms with E-state index in [0.29, 0.717) is 17.0 Å². The van der Waals surface area contributed by atoms with Crippen LogP contribution in [0.25, 0.3) is 5.69 Å². The van der Waals surface area contributed by atoms with Gasteiger partial charge in [0.05, 0.1) is 22.7 Å². The maximum Gasteiger partial charge on any atom is 0.165 e. The zero-order valence-electron chi connectivity index (χ0n) is 11.7. The average Bonchev–Trinajstić information content (AvgIpc) is 3.11. The number of benzene rings is 2. The predicted molar refractivity (Wildman–Crippen MR) is 85.8 cm³/mol. The Labute approximate surface area is 133 Å². The van der Waals surface area contributed by atoms with Crippen molar-refractivity contribution in [2.45, 2.75) is 12.3 Å². The second-order valence-electron chi connectivity index (χ2n) is 5.41. The number of nitrogens with zero attached hydrogens (tertiary/aromatic N) is 2. The molecule has 0 radical (unpaired) electrons. The zero-order chi connectivity index (χ0) is 15.1. The van der Waals surface area contributed by atoms with Gasteiger partial charge < -0.3 is 4.57 Å². The normalized spacial score (nSPS) is 15.4. The van der Waals surface area contributed by atoms with Gasteiger partial charge in [-0.15, -0.1) is 0 Å². The van der Waals surface area contributed by atoms with Gasteiger partial charge >= 0.3 is 0 Å². The number of fused-ring (bicyclic) bond motifs is 3. The number of aromatic nitrogens is 2. The molecule has 1 aromatic heterocycles. The third-order valence-corrected chi connectivity index (χ3v) is 4.49. The molecular formula is C18H13ClN2O. The molecular weight excluding hydrogens is 296 g/mol. The maximum atomic E-state index is 12.6. The highest BCUT2D eigenvalue weighted by Gasteiger charge is 2.31. The summed E-state index contributed by atoms with van der Waals surface area (Å²) in [6.45, 7) is 0. The van der Waals surface area contributed by atoms with Crippen LogP contribution in [0.4, 0.5) is 0 Å². The first kappa shape index (κ1) is 13.3. The number of Topliss-reactive ketones (excluding diaryl/α,β-unsaturated/α-hetero) is 1. The smallest absolute Gasteiger partial charge is 0.165 e. The molecule has 0 saturated carbocycles. The molecule has 0 spiro atoms. The van der Waals surface area contributed by atoms with Gasteiger partial charge in [-0.3, -0.25) is 4.79 Å². The number of para-hydroxylation sites is 1. The van der Waals surface area contributed by atoms with Gasteiger partial charge in [-0.05, 0) is 23.8 Å². The molecule has 2 aromatic carbocycles. The van der Waals surface area contributed by atoms with Crippen molar-refractivity contribution in [3.8, 4) is 5.69 Å². The minimum absolute atomic E-state index is 0.0301. The second kappa shape index (κ2) is 5.11. The Balaban J connectivity index is 1.72. The number of imidazole rings is 1. The SMILES string of the molecule is O=C(CC1c2ccccc2-n2cncc21)c1ccccc1Cl. The molecule has 0 aliphatic carbocycles. The third kappa shape index (κ3) is 1.97. The molecule has 3 aromatic rings. The molecule has 1 unspecified atom stereocenters. The number of hydrogen-bond acceptors (Lipinski definition) is 2. The standard InChI is InChI=1S/C18H13ClN2O/c19-15-7-3-1-6-13(15)18(22)9-14-12-5-2-4-8-16(12)21-11-20-10-17(14)21/h1-8,10-11,14H,9H2. The average molecular weight is 309 g/mol. The van der Waals surface area contributed by atoms with Gasteiger partial charge in [-0.25, -0.2) is 4.98 Å². The van der Waals surface area contributed by atoms with E-state index in [1.54, 1.807) is 18.5 Å². The Kier molecular flexibility index (Phi) is 3.09. The fraction of sp³-hybridized carbons (Fsp3) is 0.111. The minimum Gasteiger partial charge on any atom is -0.302 e. The molecule has 1 aliphatic heterocycles. The van der Waals surface area contributed by atoms with Crippen molar-refractivity contribution in [1.29, 1.82) is 0 Å². The largest absolute Gasteiger partial charge is 0.302 e. The Morgan fingerprint density at radius 2 is 1.91 bits per heavy atom. The lowest BCUT2D eigenvalue weighted by molar-refractivity contribution is 0.0978. The summed E-state index contributed by atoms with van der Waals surface area (Å²) >= 11 is 6.15. The lowest BCUT2D eigenvalue weighted by Gasteiger charge is -2.11. The number of halogens is 1. The van der Waals surface area contributed by atoms with Crippen LogP contribution in [0.15, 0.2) is 61.1 Å². The summed E-state index contributed by atoms with van der Waals surface area (Å²) in [5.74, 6) is 0.0857. The first-order valence-corrected chi connectivity index (χ1v) is 7.53. The zero-order valence-corrected chi connectivity index (χ0v) is 12.5. The van der Waals surface area contributed by atoms with Crippen molar-refractivity contribution in [2.75, 3.05) is 0 Å². The molecule has 2 heterocycles. The number of hydrogen-bond donors (Lipinski definition) is 0. The quantitative estimate of drug-likeness (QED) is 0.678. The summed E-state index contributed by atoms with van der Waals surface area (Å²) in [4.78, 5) is 16.9. The summed E-state index contributed by atoms with van der Waals surface area (Å²) in [7, 11) is 0. The Morgan fingerprint density at radius 3 is 2.77 bits per heavy atom. The van der Waals surface area contributed by atoms with Crippen LogP contribution in [0.2, 0.25) is 5.02 Å². The van der Waals surface area contributed by atoms with Crippen LogP contribution in [-0.4, -0.2) is 15.3 Å². The van der Waals surface area contributed by atoms with Crippen molar-refractivity contribution in [3.05, 3.63) is 82.9 Å².